The van der Waals surface area contributed by atoms with Gasteiger partial charge in [-0.05, 0) is 44.9 Å². The lowest BCUT2D eigenvalue weighted by Gasteiger charge is -2.31. The standard InChI is InChI=1S/C11H16O4/c12-8-14-11(6-1-2-7-11)10(13)15-9-4-3-5-9/h8-9H,1-7H2. The largest absolute Gasteiger partial charge is 0.459 e. The summed E-state index contributed by atoms with van der Waals surface area (Å²) in [5.41, 5.74) is -0.961. The topological polar surface area (TPSA) is 52.6 Å². The number of esters is 1. The van der Waals surface area contributed by atoms with Gasteiger partial charge < -0.3 is 9.47 Å². The van der Waals surface area contributed by atoms with E-state index < -0.39 is 5.60 Å². The molecule has 4 nitrogen and oxygen atoms in total. The third-order valence-corrected chi connectivity index (χ3v) is 3.38. The molecule has 0 N–H and O–H groups in total. The Morgan fingerprint density at radius 3 is 2.33 bits per heavy atom. The van der Waals surface area contributed by atoms with Crippen molar-refractivity contribution in [1.82, 2.24) is 0 Å². The van der Waals surface area contributed by atoms with E-state index in [9.17, 15) is 9.59 Å². The lowest BCUT2D eigenvalue weighted by atomic mass is 9.95. The molecule has 15 heavy (non-hydrogen) atoms. The molecule has 0 radical (unpaired) electrons. The molecular weight excluding hydrogens is 196 g/mol. The summed E-state index contributed by atoms with van der Waals surface area (Å²) in [6, 6.07) is 0. The van der Waals surface area contributed by atoms with Crippen molar-refractivity contribution in [1.29, 1.82) is 0 Å². The second-order valence-corrected chi connectivity index (χ2v) is 4.37. The first-order valence-electron chi connectivity index (χ1n) is 5.59. The molecule has 0 spiro atoms. The first kappa shape index (κ1) is 10.5. The third kappa shape index (κ3) is 1.98. The van der Waals surface area contributed by atoms with Gasteiger partial charge in [0.1, 0.15) is 6.10 Å². The smallest absolute Gasteiger partial charge is 0.350 e. The zero-order valence-corrected chi connectivity index (χ0v) is 8.74. The highest BCUT2D eigenvalue weighted by Crippen LogP contribution is 2.35. The van der Waals surface area contributed by atoms with Gasteiger partial charge in [-0.1, -0.05) is 0 Å². The van der Waals surface area contributed by atoms with E-state index in [1.165, 1.54) is 0 Å². The molecule has 0 amide bonds. The SMILES string of the molecule is O=COC1(C(=O)OC2CCC2)CCCC1. The van der Waals surface area contributed by atoms with Gasteiger partial charge in [-0.25, -0.2) is 4.79 Å². The Bertz CT molecular complexity index is 251. The monoisotopic (exact) mass is 212 g/mol. The summed E-state index contributed by atoms with van der Waals surface area (Å²) in [5, 5.41) is 0. The van der Waals surface area contributed by atoms with Crippen LogP contribution < -0.4 is 0 Å². The van der Waals surface area contributed by atoms with Gasteiger partial charge in [0, 0.05) is 0 Å². The van der Waals surface area contributed by atoms with Gasteiger partial charge in [0.05, 0.1) is 0 Å². The maximum atomic E-state index is 11.9. The van der Waals surface area contributed by atoms with E-state index in [1.54, 1.807) is 0 Å². The fourth-order valence-electron chi connectivity index (χ4n) is 2.16. The van der Waals surface area contributed by atoms with Crippen LogP contribution in [-0.2, 0) is 19.1 Å². The van der Waals surface area contributed by atoms with Crippen LogP contribution in [0.15, 0.2) is 0 Å². The van der Waals surface area contributed by atoms with Crippen LogP contribution in [0, 0.1) is 0 Å². The first-order valence-corrected chi connectivity index (χ1v) is 5.59. The van der Waals surface area contributed by atoms with Crippen molar-refractivity contribution in [3.63, 3.8) is 0 Å². The van der Waals surface area contributed by atoms with E-state index in [0.29, 0.717) is 19.3 Å². The van der Waals surface area contributed by atoms with E-state index in [2.05, 4.69) is 0 Å². The van der Waals surface area contributed by atoms with Crippen LogP contribution in [0.1, 0.15) is 44.9 Å². The summed E-state index contributed by atoms with van der Waals surface area (Å²) >= 11 is 0. The third-order valence-electron chi connectivity index (χ3n) is 3.38. The molecule has 0 saturated heterocycles. The van der Waals surface area contributed by atoms with Gasteiger partial charge in [0.25, 0.3) is 6.47 Å². The normalized spacial score (nSPS) is 24.3. The molecule has 2 rings (SSSR count). The minimum atomic E-state index is -0.961. The molecule has 0 aromatic carbocycles. The molecule has 2 aliphatic carbocycles. The van der Waals surface area contributed by atoms with Crippen molar-refractivity contribution in [2.45, 2.75) is 56.7 Å². The molecule has 2 saturated carbocycles. The Balaban J connectivity index is 1.96. The number of carbonyl (C=O) groups is 2. The van der Waals surface area contributed by atoms with E-state index in [-0.39, 0.29) is 12.1 Å². The van der Waals surface area contributed by atoms with E-state index in [0.717, 1.165) is 32.1 Å². The molecule has 2 aliphatic rings. The van der Waals surface area contributed by atoms with Crippen LogP contribution in [0.25, 0.3) is 0 Å². The van der Waals surface area contributed by atoms with E-state index >= 15 is 0 Å². The summed E-state index contributed by atoms with van der Waals surface area (Å²) in [6.07, 6.45) is 6.14. The fourth-order valence-corrected chi connectivity index (χ4v) is 2.16. The van der Waals surface area contributed by atoms with E-state index in [1.807, 2.05) is 0 Å². The molecule has 0 unspecified atom stereocenters. The zero-order valence-electron chi connectivity index (χ0n) is 8.74. The summed E-state index contributed by atoms with van der Waals surface area (Å²) in [7, 11) is 0. The Hall–Kier alpha value is -1.06. The Kier molecular flexibility index (Phi) is 2.93. The van der Waals surface area contributed by atoms with Crippen LogP contribution in [0.4, 0.5) is 0 Å². The molecule has 0 aromatic rings. The van der Waals surface area contributed by atoms with Crippen molar-refractivity contribution in [2.24, 2.45) is 0 Å². The molecule has 0 atom stereocenters. The number of hydrogen-bond acceptors (Lipinski definition) is 4. The predicted molar refractivity (Wildman–Crippen MR) is 52.1 cm³/mol. The Labute approximate surface area is 88.9 Å². The second kappa shape index (κ2) is 4.21. The molecule has 0 heterocycles. The minimum absolute atomic E-state index is 0.0604. The van der Waals surface area contributed by atoms with Gasteiger partial charge in [0.2, 0.25) is 5.60 Å². The molecule has 0 bridgehead atoms. The summed E-state index contributed by atoms with van der Waals surface area (Å²) in [4.78, 5) is 22.3. The highest BCUT2D eigenvalue weighted by Gasteiger charge is 2.46. The first-order chi connectivity index (χ1) is 7.27. The van der Waals surface area contributed by atoms with Crippen molar-refractivity contribution in [3.8, 4) is 0 Å². The Morgan fingerprint density at radius 1 is 1.20 bits per heavy atom. The molecular formula is C11H16O4. The maximum absolute atomic E-state index is 11.9. The summed E-state index contributed by atoms with van der Waals surface area (Å²) < 4.78 is 10.3. The highest BCUT2D eigenvalue weighted by molar-refractivity contribution is 5.81. The van der Waals surface area contributed by atoms with Crippen LogP contribution >= 0.6 is 0 Å². The Morgan fingerprint density at radius 2 is 1.87 bits per heavy atom. The van der Waals surface area contributed by atoms with Gasteiger partial charge >= 0.3 is 5.97 Å². The predicted octanol–water partition coefficient (Wildman–Crippen LogP) is 1.57. The molecule has 0 aromatic heterocycles. The van der Waals surface area contributed by atoms with Gasteiger partial charge in [0.15, 0.2) is 0 Å². The van der Waals surface area contributed by atoms with Gasteiger partial charge in [-0.15, -0.1) is 0 Å². The molecule has 4 heteroatoms. The van der Waals surface area contributed by atoms with Gasteiger partial charge in [-0.2, -0.15) is 0 Å². The lowest BCUT2D eigenvalue weighted by Crippen LogP contribution is -2.43. The van der Waals surface area contributed by atoms with Crippen LogP contribution in [-0.4, -0.2) is 24.1 Å². The second-order valence-electron chi connectivity index (χ2n) is 4.37. The highest BCUT2D eigenvalue weighted by atomic mass is 16.6. The average molecular weight is 212 g/mol. The average Bonchev–Trinajstić information content (AvgIpc) is 2.61. The molecule has 84 valence electrons. The van der Waals surface area contributed by atoms with Crippen LogP contribution in [0.2, 0.25) is 0 Å². The van der Waals surface area contributed by atoms with Crippen molar-refractivity contribution in [2.75, 3.05) is 0 Å². The lowest BCUT2D eigenvalue weighted by molar-refractivity contribution is -0.182. The maximum Gasteiger partial charge on any atom is 0.350 e. The number of hydrogen-bond donors (Lipinski definition) is 0. The summed E-state index contributed by atoms with van der Waals surface area (Å²) in [6.45, 7) is 0.368. The minimum Gasteiger partial charge on any atom is -0.459 e. The number of rotatable bonds is 4. The van der Waals surface area contributed by atoms with E-state index in [4.69, 9.17) is 9.47 Å². The van der Waals surface area contributed by atoms with Crippen molar-refractivity contribution < 1.29 is 19.1 Å². The number of ether oxygens (including phenoxy) is 2. The zero-order chi connectivity index (χ0) is 10.7. The van der Waals surface area contributed by atoms with Crippen LogP contribution in [0.5, 0.6) is 0 Å². The number of carbonyl (C=O) groups excluding carboxylic acids is 2. The van der Waals surface area contributed by atoms with Gasteiger partial charge in [-0.3, -0.25) is 4.79 Å². The summed E-state index contributed by atoms with van der Waals surface area (Å²) in [5.74, 6) is -0.336. The molecule has 0 aliphatic heterocycles. The van der Waals surface area contributed by atoms with Crippen molar-refractivity contribution >= 4 is 12.4 Å². The van der Waals surface area contributed by atoms with Crippen LogP contribution in [0.3, 0.4) is 0 Å². The van der Waals surface area contributed by atoms with Crippen molar-refractivity contribution in [3.05, 3.63) is 0 Å². The quantitative estimate of drug-likeness (QED) is 0.524. The fraction of sp³-hybridized carbons (Fsp3) is 0.818. The molecule has 2 fully saturated rings.